The van der Waals surface area contributed by atoms with E-state index in [0.717, 1.165) is 11.1 Å². The highest BCUT2D eigenvalue weighted by Gasteiger charge is 2.23. The number of hydrogen-bond donors (Lipinski definition) is 0. The molecule has 4 heteroatoms. The Morgan fingerprint density at radius 2 is 1.71 bits per heavy atom. The molecule has 1 aromatic rings. The van der Waals surface area contributed by atoms with Crippen LogP contribution in [0.1, 0.15) is 44.4 Å². The fraction of sp³-hybridized carbons (Fsp3) is 0.538. The van der Waals surface area contributed by atoms with Gasteiger partial charge in [-0.25, -0.2) is 0 Å². The van der Waals surface area contributed by atoms with Gasteiger partial charge in [-0.15, -0.1) is 0 Å². The predicted octanol–water partition coefficient (Wildman–Crippen LogP) is 3.20. The molecule has 0 radical (unpaired) electrons. The molecule has 0 N–H and O–H groups in total. The molecule has 96 valence electrons. The molecule has 2 atom stereocenters. The number of rotatable bonds is 5. The maximum atomic E-state index is 11.8. The smallest absolute Gasteiger partial charge is 0.262 e. The number of benzene rings is 1. The molecule has 0 spiro atoms. The molecule has 0 amide bonds. The van der Waals surface area contributed by atoms with Gasteiger partial charge in [-0.2, -0.15) is 8.42 Å². The quantitative estimate of drug-likeness (QED) is 0.760. The highest BCUT2D eigenvalue weighted by Crippen LogP contribution is 2.22. The summed E-state index contributed by atoms with van der Waals surface area (Å²) in [4.78, 5) is 0. The van der Waals surface area contributed by atoms with E-state index in [1.807, 2.05) is 38.1 Å². The molecule has 0 aromatic heterocycles. The summed E-state index contributed by atoms with van der Waals surface area (Å²) in [6, 6.07) is 7.69. The first-order valence-electron chi connectivity index (χ1n) is 5.85. The molecule has 1 rings (SSSR count). The van der Waals surface area contributed by atoms with E-state index in [2.05, 4.69) is 0 Å². The average molecular weight is 256 g/mol. The molecule has 0 saturated carbocycles. The highest BCUT2D eigenvalue weighted by molar-refractivity contribution is 7.87. The molecular weight excluding hydrogens is 236 g/mol. The molecule has 3 nitrogen and oxygen atoms in total. The van der Waals surface area contributed by atoms with Crippen LogP contribution in [0.25, 0.3) is 0 Å². The first kappa shape index (κ1) is 14.2. The average Bonchev–Trinajstić information content (AvgIpc) is 2.28. The van der Waals surface area contributed by atoms with E-state index >= 15 is 0 Å². The SMILES string of the molecule is CCC(C)S(=O)(=O)OC(C)c1ccc(C)cc1. The minimum Gasteiger partial charge on any atom is -0.262 e. The lowest BCUT2D eigenvalue weighted by Gasteiger charge is -2.16. The monoisotopic (exact) mass is 256 g/mol. The molecule has 0 fully saturated rings. The maximum Gasteiger partial charge on any atom is 0.270 e. The molecule has 0 saturated heterocycles. The molecule has 0 bridgehead atoms. The van der Waals surface area contributed by atoms with Crippen LogP contribution in [0.4, 0.5) is 0 Å². The molecule has 2 unspecified atom stereocenters. The van der Waals surface area contributed by atoms with Gasteiger partial charge < -0.3 is 0 Å². The van der Waals surface area contributed by atoms with Crippen LogP contribution in [0.3, 0.4) is 0 Å². The lowest BCUT2D eigenvalue weighted by Crippen LogP contribution is -2.21. The standard InChI is InChI=1S/C13H20O3S/c1-5-11(3)17(14,15)16-12(4)13-8-6-10(2)7-9-13/h6-9,11-12H,5H2,1-4H3. The van der Waals surface area contributed by atoms with Crippen molar-refractivity contribution >= 4 is 10.1 Å². The Balaban J connectivity index is 2.79. The maximum absolute atomic E-state index is 11.8. The predicted molar refractivity (Wildman–Crippen MR) is 69.4 cm³/mol. The van der Waals surface area contributed by atoms with Gasteiger partial charge in [0.1, 0.15) is 0 Å². The van der Waals surface area contributed by atoms with Crippen molar-refractivity contribution in [1.29, 1.82) is 0 Å². The third kappa shape index (κ3) is 3.82. The Hall–Kier alpha value is -0.870. The molecule has 1 aromatic carbocycles. The topological polar surface area (TPSA) is 43.4 Å². The van der Waals surface area contributed by atoms with Gasteiger partial charge >= 0.3 is 0 Å². The van der Waals surface area contributed by atoms with Crippen molar-refractivity contribution in [2.75, 3.05) is 0 Å². The van der Waals surface area contributed by atoms with E-state index in [0.29, 0.717) is 6.42 Å². The van der Waals surface area contributed by atoms with Gasteiger partial charge in [0, 0.05) is 0 Å². The summed E-state index contributed by atoms with van der Waals surface area (Å²) in [5.74, 6) is 0. The van der Waals surface area contributed by atoms with E-state index in [4.69, 9.17) is 4.18 Å². The van der Waals surface area contributed by atoms with Crippen molar-refractivity contribution < 1.29 is 12.6 Å². The van der Waals surface area contributed by atoms with Gasteiger partial charge in [0.15, 0.2) is 0 Å². The third-order valence-electron chi connectivity index (χ3n) is 2.89. The van der Waals surface area contributed by atoms with Crippen LogP contribution in [-0.2, 0) is 14.3 Å². The van der Waals surface area contributed by atoms with Crippen molar-refractivity contribution in [1.82, 2.24) is 0 Å². The molecule has 0 aliphatic rings. The van der Waals surface area contributed by atoms with E-state index in [1.165, 1.54) is 0 Å². The van der Waals surface area contributed by atoms with Crippen LogP contribution in [-0.4, -0.2) is 13.7 Å². The van der Waals surface area contributed by atoms with E-state index < -0.39 is 21.5 Å². The summed E-state index contributed by atoms with van der Waals surface area (Å²) < 4.78 is 28.8. The van der Waals surface area contributed by atoms with Crippen LogP contribution >= 0.6 is 0 Å². The fourth-order valence-corrected chi connectivity index (χ4v) is 2.50. The van der Waals surface area contributed by atoms with Gasteiger partial charge in [-0.05, 0) is 32.8 Å². The number of aryl methyl sites for hydroxylation is 1. The Bertz CT molecular complexity index is 448. The van der Waals surface area contributed by atoms with Crippen LogP contribution in [0.15, 0.2) is 24.3 Å². The zero-order valence-corrected chi connectivity index (χ0v) is 11.6. The molecule has 17 heavy (non-hydrogen) atoms. The second-order valence-electron chi connectivity index (χ2n) is 4.36. The normalized spacial score (nSPS) is 15.5. The van der Waals surface area contributed by atoms with Crippen molar-refractivity contribution in [2.45, 2.75) is 45.5 Å². The summed E-state index contributed by atoms with van der Waals surface area (Å²) in [5.41, 5.74) is 2.02. The van der Waals surface area contributed by atoms with E-state index in [-0.39, 0.29) is 0 Å². The lowest BCUT2D eigenvalue weighted by molar-refractivity contribution is 0.230. The van der Waals surface area contributed by atoms with Gasteiger partial charge in [0.25, 0.3) is 10.1 Å². The summed E-state index contributed by atoms with van der Waals surface area (Å²) in [6.45, 7) is 7.25. The molecule has 0 heterocycles. The van der Waals surface area contributed by atoms with E-state index in [9.17, 15) is 8.42 Å². The van der Waals surface area contributed by atoms with Crippen LogP contribution in [0.2, 0.25) is 0 Å². The molecular formula is C13H20O3S. The van der Waals surface area contributed by atoms with Gasteiger partial charge in [-0.1, -0.05) is 36.8 Å². The Morgan fingerprint density at radius 3 is 2.18 bits per heavy atom. The Morgan fingerprint density at radius 1 is 1.18 bits per heavy atom. The van der Waals surface area contributed by atoms with Crippen molar-refractivity contribution in [2.24, 2.45) is 0 Å². The third-order valence-corrected chi connectivity index (χ3v) is 4.77. The summed E-state index contributed by atoms with van der Waals surface area (Å²) >= 11 is 0. The molecule has 0 aliphatic carbocycles. The summed E-state index contributed by atoms with van der Waals surface area (Å²) in [5, 5.41) is -0.463. The fourth-order valence-electron chi connectivity index (χ4n) is 1.39. The largest absolute Gasteiger partial charge is 0.270 e. The van der Waals surface area contributed by atoms with Crippen molar-refractivity contribution in [3.05, 3.63) is 35.4 Å². The Kier molecular flexibility index (Phi) is 4.71. The highest BCUT2D eigenvalue weighted by atomic mass is 32.2. The van der Waals surface area contributed by atoms with Crippen molar-refractivity contribution in [3.8, 4) is 0 Å². The first-order chi connectivity index (χ1) is 7.86. The minimum absolute atomic E-state index is 0.436. The van der Waals surface area contributed by atoms with Gasteiger partial charge in [-0.3, -0.25) is 4.18 Å². The molecule has 0 aliphatic heterocycles. The van der Waals surface area contributed by atoms with Crippen molar-refractivity contribution in [3.63, 3.8) is 0 Å². The number of hydrogen-bond acceptors (Lipinski definition) is 3. The summed E-state index contributed by atoms with van der Waals surface area (Å²) in [6.07, 6.45) is 0.123. The van der Waals surface area contributed by atoms with Gasteiger partial charge in [0.2, 0.25) is 0 Å². The zero-order chi connectivity index (χ0) is 13.1. The minimum atomic E-state index is -3.47. The Labute approximate surface area is 104 Å². The summed E-state index contributed by atoms with van der Waals surface area (Å²) in [7, 11) is -3.47. The zero-order valence-electron chi connectivity index (χ0n) is 10.8. The second kappa shape index (κ2) is 5.65. The van der Waals surface area contributed by atoms with Crippen LogP contribution < -0.4 is 0 Å². The van der Waals surface area contributed by atoms with Gasteiger partial charge in [0.05, 0.1) is 11.4 Å². The lowest BCUT2D eigenvalue weighted by atomic mass is 10.1. The second-order valence-corrected chi connectivity index (χ2v) is 6.34. The van der Waals surface area contributed by atoms with Crippen LogP contribution in [0, 0.1) is 6.92 Å². The van der Waals surface area contributed by atoms with Crippen LogP contribution in [0.5, 0.6) is 0 Å². The first-order valence-corrected chi connectivity index (χ1v) is 7.32. The van der Waals surface area contributed by atoms with E-state index in [1.54, 1.807) is 13.8 Å².